The zero-order valence-electron chi connectivity index (χ0n) is 12.0. The lowest BCUT2D eigenvalue weighted by Crippen LogP contribution is -2.38. The molecule has 1 aromatic heterocycles. The largest absolute Gasteiger partial charge is 0.387 e. The Balaban J connectivity index is 1.74. The van der Waals surface area contributed by atoms with Crippen LogP contribution in [0.5, 0.6) is 0 Å². The van der Waals surface area contributed by atoms with E-state index in [2.05, 4.69) is 18.7 Å². The Hall–Kier alpha value is -0.610. The van der Waals surface area contributed by atoms with E-state index in [9.17, 15) is 5.11 Å². The molecule has 3 nitrogen and oxygen atoms in total. The molecule has 1 fully saturated rings. The number of rotatable bonds is 2. The lowest BCUT2D eigenvalue weighted by atomic mass is 9.78. The minimum atomic E-state index is -0.320. The number of hydrogen-bond donors (Lipinski definition) is 1. The molecule has 1 saturated heterocycles. The standard InChI is InChI=1S/C15H24N2OS/c1-3-15(2)7-9-17(10-8-15)14-16-13-11(18)5-4-6-12(13)19-14/h11,18H,3-10H2,1-2H3. The predicted octanol–water partition coefficient (Wildman–Crippen LogP) is 3.53. The van der Waals surface area contributed by atoms with E-state index in [0.29, 0.717) is 5.41 Å². The van der Waals surface area contributed by atoms with Crippen LogP contribution in [0.15, 0.2) is 0 Å². The van der Waals surface area contributed by atoms with Crippen LogP contribution in [-0.4, -0.2) is 23.2 Å². The normalized spacial score (nSPS) is 26.3. The third kappa shape index (κ3) is 2.52. The van der Waals surface area contributed by atoms with Gasteiger partial charge in [0.15, 0.2) is 5.13 Å². The second kappa shape index (κ2) is 5.06. The Kier molecular flexibility index (Phi) is 3.56. The van der Waals surface area contributed by atoms with Crippen LogP contribution in [0.3, 0.4) is 0 Å². The number of anilines is 1. The summed E-state index contributed by atoms with van der Waals surface area (Å²) in [6.45, 7) is 6.94. The van der Waals surface area contributed by atoms with Gasteiger partial charge in [-0.15, -0.1) is 11.3 Å². The average Bonchev–Trinajstić information content (AvgIpc) is 2.85. The summed E-state index contributed by atoms with van der Waals surface area (Å²) in [5.74, 6) is 0. The fourth-order valence-corrected chi connectivity index (χ4v) is 4.32. The van der Waals surface area contributed by atoms with Gasteiger partial charge in [0.25, 0.3) is 0 Å². The molecule has 0 aromatic carbocycles. The van der Waals surface area contributed by atoms with E-state index < -0.39 is 0 Å². The third-order valence-electron chi connectivity index (χ3n) is 5.01. The molecule has 1 aliphatic carbocycles. The summed E-state index contributed by atoms with van der Waals surface area (Å²) in [7, 11) is 0. The quantitative estimate of drug-likeness (QED) is 0.900. The fourth-order valence-electron chi connectivity index (χ4n) is 3.11. The molecule has 1 unspecified atom stereocenters. The first-order valence-corrected chi connectivity index (χ1v) is 8.35. The number of nitrogens with zero attached hydrogens (tertiary/aromatic N) is 2. The molecule has 1 atom stereocenters. The molecule has 0 amide bonds. The second-order valence-corrected chi connectivity index (χ2v) is 7.43. The van der Waals surface area contributed by atoms with E-state index in [4.69, 9.17) is 4.98 Å². The van der Waals surface area contributed by atoms with Crippen LogP contribution in [0.2, 0.25) is 0 Å². The Labute approximate surface area is 119 Å². The Morgan fingerprint density at radius 3 is 2.79 bits per heavy atom. The van der Waals surface area contributed by atoms with Gasteiger partial charge in [0.1, 0.15) is 0 Å². The molecule has 1 aliphatic heterocycles. The van der Waals surface area contributed by atoms with Gasteiger partial charge >= 0.3 is 0 Å². The fraction of sp³-hybridized carbons (Fsp3) is 0.800. The number of aryl methyl sites for hydroxylation is 1. The van der Waals surface area contributed by atoms with Crippen molar-refractivity contribution < 1.29 is 5.11 Å². The molecule has 2 heterocycles. The number of aliphatic hydroxyl groups is 1. The van der Waals surface area contributed by atoms with E-state index in [0.717, 1.165) is 43.2 Å². The van der Waals surface area contributed by atoms with Crippen LogP contribution in [0.4, 0.5) is 5.13 Å². The van der Waals surface area contributed by atoms with Crippen molar-refractivity contribution in [3.8, 4) is 0 Å². The number of aromatic nitrogens is 1. The first kappa shape index (κ1) is 13.4. The summed E-state index contributed by atoms with van der Waals surface area (Å²) >= 11 is 1.81. The molecule has 0 spiro atoms. The second-order valence-electron chi connectivity index (χ2n) is 6.36. The van der Waals surface area contributed by atoms with Crippen LogP contribution in [0, 0.1) is 5.41 Å². The lowest BCUT2D eigenvalue weighted by Gasteiger charge is -2.38. The first-order chi connectivity index (χ1) is 9.11. The van der Waals surface area contributed by atoms with Gasteiger partial charge in [-0.3, -0.25) is 0 Å². The SMILES string of the molecule is CCC1(C)CCN(c2nc3c(s2)CCCC3O)CC1. The first-order valence-electron chi connectivity index (χ1n) is 7.54. The van der Waals surface area contributed by atoms with Gasteiger partial charge in [-0.05, 0) is 37.5 Å². The smallest absolute Gasteiger partial charge is 0.185 e. The summed E-state index contributed by atoms with van der Waals surface area (Å²) in [4.78, 5) is 8.46. The summed E-state index contributed by atoms with van der Waals surface area (Å²) in [5, 5.41) is 11.2. The van der Waals surface area contributed by atoms with Crippen LogP contribution < -0.4 is 4.90 Å². The molecule has 0 radical (unpaired) electrons. The van der Waals surface area contributed by atoms with E-state index in [1.165, 1.54) is 24.1 Å². The summed E-state index contributed by atoms with van der Waals surface area (Å²) < 4.78 is 0. The van der Waals surface area contributed by atoms with Gasteiger partial charge in [-0.1, -0.05) is 20.3 Å². The Morgan fingerprint density at radius 2 is 2.16 bits per heavy atom. The van der Waals surface area contributed by atoms with Crippen LogP contribution in [0.25, 0.3) is 0 Å². The van der Waals surface area contributed by atoms with Gasteiger partial charge in [-0.2, -0.15) is 0 Å². The van der Waals surface area contributed by atoms with E-state index in [1.54, 1.807) is 0 Å². The van der Waals surface area contributed by atoms with Gasteiger partial charge in [-0.25, -0.2) is 4.98 Å². The monoisotopic (exact) mass is 280 g/mol. The molecule has 2 aliphatic rings. The van der Waals surface area contributed by atoms with Gasteiger partial charge < -0.3 is 10.0 Å². The van der Waals surface area contributed by atoms with E-state index in [1.807, 2.05) is 11.3 Å². The molecular formula is C15H24N2OS. The zero-order chi connectivity index (χ0) is 13.5. The molecule has 1 aromatic rings. The molecule has 3 rings (SSSR count). The number of piperidine rings is 1. The highest BCUT2D eigenvalue weighted by Crippen LogP contribution is 2.40. The molecule has 0 bridgehead atoms. The minimum absolute atomic E-state index is 0.320. The predicted molar refractivity (Wildman–Crippen MR) is 79.9 cm³/mol. The maximum Gasteiger partial charge on any atom is 0.185 e. The van der Waals surface area contributed by atoms with E-state index >= 15 is 0 Å². The van der Waals surface area contributed by atoms with Crippen LogP contribution in [-0.2, 0) is 6.42 Å². The van der Waals surface area contributed by atoms with Gasteiger partial charge in [0.05, 0.1) is 11.8 Å². The Morgan fingerprint density at radius 1 is 1.42 bits per heavy atom. The van der Waals surface area contributed by atoms with E-state index in [-0.39, 0.29) is 6.10 Å². The van der Waals surface area contributed by atoms with Crippen LogP contribution >= 0.6 is 11.3 Å². The van der Waals surface area contributed by atoms with Gasteiger partial charge in [0.2, 0.25) is 0 Å². The maximum atomic E-state index is 10.0. The molecule has 4 heteroatoms. The third-order valence-corrected chi connectivity index (χ3v) is 6.20. The molecular weight excluding hydrogens is 256 g/mol. The Bertz CT molecular complexity index is 449. The zero-order valence-corrected chi connectivity index (χ0v) is 12.8. The van der Waals surface area contributed by atoms with Crippen molar-refractivity contribution in [2.75, 3.05) is 18.0 Å². The molecule has 19 heavy (non-hydrogen) atoms. The van der Waals surface area contributed by atoms with Crippen molar-refractivity contribution in [2.24, 2.45) is 5.41 Å². The van der Waals surface area contributed by atoms with Crippen molar-refractivity contribution >= 4 is 16.5 Å². The van der Waals surface area contributed by atoms with Crippen molar-refractivity contribution in [2.45, 2.75) is 58.5 Å². The van der Waals surface area contributed by atoms with Crippen LogP contribution in [0.1, 0.15) is 62.6 Å². The summed E-state index contributed by atoms with van der Waals surface area (Å²) in [6.07, 6.45) is 6.55. The summed E-state index contributed by atoms with van der Waals surface area (Å²) in [5.41, 5.74) is 1.49. The summed E-state index contributed by atoms with van der Waals surface area (Å²) in [6, 6.07) is 0. The highest BCUT2D eigenvalue weighted by Gasteiger charge is 2.31. The maximum absolute atomic E-state index is 10.0. The number of hydrogen-bond acceptors (Lipinski definition) is 4. The lowest BCUT2D eigenvalue weighted by molar-refractivity contribution is 0.153. The van der Waals surface area contributed by atoms with Crippen molar-refractivity contribution in [1.82, 2.24) is 4.98 Å². The molecule has 106 valence electrons. The van der Waals surface area contributed by atoms with Gasteiger partial charge in [0, 0.05) is 18.0 Å². The highest BCUT2D eigenvalue weighted by atomic mass is 32.1. The van der Waals surface area contributed by atoms with Crippen molar-refractivity contribution in [3.63, 3.8) is 0 Å². The number of fused-ring (bicyclic) bond motifs is 1. The van der Waals surface area contributed by atoms with Crippen molar-refractivity contribution in [3.05, 3.63) is 10.6 Å². The average molecular weight is 280 g/mol. The number of thiazole rings is 1. The topological polar surface area (TPSA) is 36.4 Å². The van der Waals surface area contributed by atoms with Crippen molar-refractivity contribution in [1.29, 1.82) is 0 Å². The molecule has 1 N–H and O–H groups in total. The molecule has 0 saturated carbocycles. The highest BCUT2D eigenvalue weighted by molar-refractivity contribution is 7.15. The minimum Gasteiger partial charge on any atom is -0.387 e. The number of aliphatic hydroxyl groups excluding tert-OH is 1.